The van der Waals surface area contributed by atoms with Crippen molar-refractivity contribution >= 4 is 23.5 Å². The van der Waals surface area contributed by atoms with Crippen LogP contribution in [0.15, 0.2) is 12.2 Å². The van der Waals surface area contributed by atoms with Gasteiger partial charge in [-0.15, -0.1) is 23.5 Å². The van der Waals surface area contributed by atoms with E-state index in [1.54, 1.807) is 0 Å². The predicted octanol–water partition coefficient (Wildman–Crippen LogP) is 2.51. The highest BCUT2D eigenvalue weighted by atomic mass is 32.2. The van der Waals surface area contributed by atoms with Gasteiger partial charge in [-0.05, 0) is 29.9 Å². The highest BCUT2D eigenvalue weighted by molar-refractivity contribution is 8.19. The Morgan fingerprint density at radius 2 is 1.89 bits per heavy atom. The molecule has 0 aromatic carbocycles. The van der Waals surface area contributed by atoms with E-state index in [0.717, 1.165) is 0 Å². The summed E-state index contributed by atoms with van der Waals surface area (Å²) in [6.45, 7) is 4.00. The first kappa shape index (κ1) is 6.17. The van der Waals surface area contributed by atoms with E-state index >= 15 is 0 Å². The molecular weight excluding hydrogens is 148 g/mol. The van der Waals surface area contributed by atoms with Crippen LogP contribution < -0.4 is 0 Å². The van der Waals surface area contributed by atoms with Gasteiger partial charge >= 0.3 is 0 Å². The van der Waals surface area contributed by atoms with Gasteiger partial charge in [0.2, 0.25) is 0 Å². The van der Waals surface area contributed by atoms with Gasteiger partial charge in [-0.25, -0.2) is 0 Å². The van der Waals surface area contributed by atoms with E-state index in [1.807, 2.05) is 0 Å². The standard InChI is InChI=1S/C7H10S2/c1-6-5-7(6)8-3-2-4-9-7/h1-5H2. The molecule has 1 spiro atoms. The summed E-state index contributed by atoms with van der Waals surface area (Å²) in [5, 5.41) is 0. The van der Waals surface area contributed by atoms with Crippen LogP contribution in [0.2, 0.25) is 0 Å². The zero-order valence-corrected chi connectivity index (χ0v) is 6.99. The summed E-state index contributed by atoms with van der Waals surface area (Å²) in [6, 6.07) is 0. The van der Waals surface area contributed by atoms with Crippen LogP contribution in [0.5, 0.6) is 0 Å². The molecular formula is C7H10S2. The third kappa shape index (κ3) is 0.926. The molecule has 0 unspecified atom stereocenters. The largest absolute Gasteiger partial charge is 0.139 e. The van der Waals surface area contributed by atoms with E-state index in [2.05, 4.69) is 30.1 Å². The van der Waals surface area contributed by atoms with Gasteiger partial charge in [-0.3, -0.25) is 0 Å². The quantitative estimate of drug-likeness (QED) is 0.497. The van der Waals surface area contributed by atoms with Crippen molar-refractivity contribution in [1.82, 2.24) is 0 Å². The molecule has 9 heavy (non-hydrogen) atoms. The van der Waals surface area contributed by atoms with E-state index in [4.69, 9.17) is 0 Å². The molecule has 2 heteroatoms. The zero-order chi connectivity index (χ0) is 6.32. The normalized spacial score (nSPS) is 30.9. The average Bonchev–Trinajstić information content (AvgIpc) is 2.44. The number of hydrogen-bond donors (Lipinski definition) is 0. The molecule has 1 aliphatic heterocycles. The number of rotatable bonds is 0. The first-order chi connectivity index (χ1) is 4.33. The lowest BCUT2D eigenvalue weighted by Gasteiger charge is -2.18. The lowest BCUT2D eigenvalue weighted by molar-refractivity contribution is 1.10. The fourth-order valence-electron chi connectivity index (χ4n) is 1.12. The Morgan fingerprint density at radius 1 is 1.33 bits per heavy atom. The summed E-state index contributed by atoms with van der Waals surface area (Å²) in [5.74, 6) is 2.71. The van der Waals surface area contributed by atoms with Gasteiger partial charge in [-0.1, -0.05) is 6.58 Å². The molecule has 1 saturated heterocycles. The molecule has 0 N–H and O–H groups in total. The summed E-state index contributed by atoms with van der Waals surface area (Å²) in [5.41, 5.74) is 1.47. The number of thioether (sulfide) groups is 2. The van der Waals surface area contributed by atoms with E-state index < -0.39 is 0 Å². The Balaban J connectivity index is 2.04. The summed E-state index contributed by atoms with van der Waals surface area (Å²) >= 11 is 4.21. The van der Waals surface area contributed by atoms with E-state index in [0.29, 0.717) is 4.08 Å². The third-order valence-corrected chi connectivity index (χ3v) is 5.31. The smallest absolute Gasteiger partial charge is 0.0856 e. The van der Waals surface area contributed by atoms with Crippen molar-refractivity contribution in [3.05, 3.63) is 12.2 Å². The van der Waals surface area contributed by atoms with Crippen molar-refractivity contribution in [2.24, 2.45) is 0 Å². The SMILES string of the molecule is C=C1CC12SCCCS2. The Labute approximate surface area is 64.5 Å². The van der Waals surface area contributed by atoms with Crippen molar-refractivity contribution in [1.29, 1.82) is 0 Å². The Kier molecular flexibility index (Phi) is 1.34. The van der Waals surface area contributed by atoms with Crippen molar-refractivity contribution in [3.63, 3.8) is 0 Å². The molecule has 1 saturated carbocycles. The topological polar surface area (TPSA) is 0 Å². The molecule has 2 aliphatic rings. The maximum atomic E-state index is 4.00. The average molecular weight is 158 g/mol. The summed E-state index contributed by atoms with van der Waals surface area (Å²) in [4.78, 5) is 0. The molecule has 0 nitrogen and oxygen atoms in total. The highest BCUT2D eigenvalue weighted by Gasteiger charge is 2.49. The number of hydrogen-bond acceptors (Lipinski definition) is 2. The first-order valence-electron chi connectivity index (χ1n) is 3.30. The maximum Gasteiger partial charge on any atom is 0.0856 e. The second-order valence-electron chi connectivity index (χ2n) is 2.58. The van der Waals surface area contributed by atoms with Crippen molar-refractivity contribution in [2.75, 3.05) is 11.5 Å². The predicted molar refractivity (Wildman–Crippen MR) is 46.0 cm³/mol. The van der Waals surface area contributed by atoms with Gasteiger partial charge in [-0.2, -0.15) is 0 Å². The fraction of sp³-hybridized carbons (Fsp3) is 0.714. The van der Waals surface area contributed by atoms with Gasteiger partial charge in [0.25, 0.3) is 0 Å². The van der Waals surface area contributed by atoms with Gasteiger partial charge in [0.1, 0.15) is 0 Å². The third-order valence-electron chi connectivity index (χ3n) is 1.82. The molecule has 0 bridgehead atoms. The zero-order valence-electron chi connectivity index (χ0n) is 5.35. The fourth-order valence-corrected chi connectivity index (χ4v) is 4.33. The van der Waals surface area contributed by atoms with Crippen LogP contribution in [-0.4, -0.2) is 15.6 Å². The molecule has 0 atom stereocenters. The van der Waals surface area contributed by atoms with Gasteiger partial charge in [0.05, 0.1) is 4.08 Å². The minimum Gasteiger partial charge on any atom is -0.139 e. The molecule has 50 valence electrons. The van der Waals surface area contributed by atoms with Gasteiger partial charge < -0.3 is 0 Å². The van der Waals surface area contributed by atoms with Crippen LogP contribution in [-0.2, 0) is 0 Å². The Hall–Kier alpha value is 0.440. The molecule has 0 radical (unpaired) electrons. The lowest BCUT2D eigenvalue weighted by atomic mass is 10.6. The van der Waals surface area contributed by atoms with Crippen LogP contribution in [0, 0.1) is 0 Å². The first-order valence-corrected chi connectivity index (χ1v) is 5.27. The molecule has 2 fully saturated rings. The Bertz CT molecular complexity index is 145. The molecule has 0 aromatic heterocycles. The monoisotopic (exact) mass is 158 g/mol. The summed E-state index contributed by atoms with van der Waals surface area (Å²) < 4.78 is 0.526. The summed E-state index contributed by atoms with van der Waals surface area (Å²) in [6.07, 6.45) is 2.67. The van der Waals surface area contributed by atoms with Crippen molar-refractivity contribution < 1.29 is 0 Å². The van der Waals surface area contributed by atoms with Crippen LogP contribution in [0.3, 0.4) is 0 Å². The van der Waals surface area contributed by atoms with Gasteiger partial charge in [0, 0.05) is 0 Å². The molecule has 0 amide bonds. The van der Waals surface area contributed by atoms with E-state index in [1.165, 1.54) is 29.9 Å². The molecule has 1 heterocycles. The van der Waals surface area contributed by atoms with Crippen molar-refractivity contribution in [3.8, 4) is 0 Å². The molecule has 2 rings (SSSR count). The van der Waals surface area contributed by atoms with Crippen LogP contribution in [0.25, 0.3) is 0 Å². The molecule has 1 aliphatic carbocycles. The van der Waals surface area contributed by atoms with Crippen LogP contribution in [0.4, 0.5) is 0 Å². The summed E-state index contributed by atoms with van der Waals surface area (Å²) in [7, 11) is 0. The molecule has 0 aromatic rings. The second kappa shape index (κ2) is 1.96. The van der Waals surface area contributed by atoms with E-state index in [9.17, 15) is 0 Å². The minimum absolute atomic E-state index is 0.526. The Morgan fingerprint density at radius 3 is 2.22 bits per heavy atom. The highest BCUT2D eigenvalue weighted by Crippen LogP contribution is 2.62. The van der Waals surface area contributed by atoms with Crippen LogP contribution in [0.1, 0.15) is 12.8 Å². The van der Waals surface area contributed by atoms with Crippen LogP contribution >= 0.6 is 23.5 Å². The second-order valence-corrected chi connectivity index (χ2v) is 5.63. The van der Waals surface area contributed by atoms with Gasteiger partial charge in [0.15, 0.2) is 0 Å². The maximum absolute atomic E-state index is 4.00. The van der Waals surface area contributed by atoms with Crippen molar-refractivity contribution in [2.45, 2.75) is 16.9 Å². The lowest BCUT2D eigenvalue weighted by Crippen LogP contribution is -2.06. The minimum atomic E-state index is 0.526. The van der Waals surface area contributed by atoms with E-state index in [-0.39, 0.29) is 0 Å².